The lowest BCUT2D eigenvalue weighted by Gasteiger charge is -2.12. The summed E-state index contributed by atoms with van der Waals surface area (Å²) < 4.78 is 1.84. The van der Waals surface area contributed by atoms with Gasteiger partial charge < -0.3 is 5.73 Å². The molecule has 0 saturated heterocycles. The largest absolute Gasteiger partial charge is 0.365 e. The molecular formula is C10H17N3O. The molecule has 4 nitrogen and oxygen atoms in total. The van der Waals surface area contributed by atoms with E-state index in [1.165, 1.54) is 0 Å². The zero-order valence-corrected chi connectivity index (χ0v) is 8.95. The van der Waals surface area contributed by atoms with Gasteiger partial charge in [0.2, 0.25) is 0 Å². The van der Waals surface area contributed by atoms with Gasteiger partial charge in [0.15, 0.2) is 0 Å². The Labute approximate surface area is 84.1 Å². The first kappa shape index (κ1) is 10.8. The number of amides is 1. The van der Waals surface area contributed by atoms with Gasteiger partial charge in [0.25, 0.3) is 5.91 Å². The molecule has 1 amide bonds. The van der Waals surface area contributed by atoms with Crippen molar-refractivity contribution in [1.29, 1.82) is 0 Å². The van der Waals surface area contributed by atoms with Gasteiger partial charge in [-0.15, -0.1) is 0 Å². The summed E-state index contributed by atoms with van der Waals surface area (Å²) in [5.41, 5.74) is 6.46. The molecule has 2 N–H and O–H groups in total. The number of nitrogens with two attached hydrogens (primary N) is 1. The van der Waals surface area contributed by atoms with Crippen molar-refractivity contribution in [2.75, 3.05) is 0 Å². The Hall–Kier alpha value is -1.32. The van der Waals surface area contributed by atoms with Crippen molar-refractivity contribution in [3.63, 3.8) is 0 Å². The molecule has 0 bridgehead atoms. The molecule has 1 heterocycles. The van der Waals surface area contributed by atoms with Crippen LogP contribution in [0.1, 0.15) is 48.8 Å². The van der Waals surface area contributed by atoms with E-state index in [2.05, 4.69) is 18.9 Å². The second-order valence-electron chi connectivity index (χ2n) is 3.44. The van der Waals surface area contributed by atoms with Crippen molar-refractivity contribution in [2.45, 2.75) is 39.7 Å². The maximum atomic E-state index is 11.0. The Kier molecular flexibility index (Phi) is 3.28. The maximum absolute atomic E-state index is 11.0. The number of hydrogen-bond acceptors (Lipinski definition) is 2. The summed E-state index contributed by atoms with van der Waals surface area (Å²) >= 11 is 0. The van der Waals surface area contributed by atoms with Crippen LogP contribution in [-0.2, 0) is 0 Å². The van der Waals surface area contributed by atoms with E-state index in [4.69, 9.17) is 5.73 Å². The van der Waals surface area contributed by atoms with Crippen LogP contribution in [0.5, 0.6) is 0 Å². The molecule has 14 heavy (non-hydrogen) atoms. The fraction of sp³-hybridized carbons (Fsp3) is 0.600. The first-order valence-electron chi connectivity index (χ1n) is 4.95. The summed E-state index contributed by atoms with van der Waals surface area (Å²) in [6.07, 6.45) is 3.76. The molecule has 0 aliphatic carbocycles. The number of nitrogens with zero attached hydrogens (tertiary/aromatic N) is 2. The molecule has 0 aromatic carbocycles. The lowest BCUT2D eigenvalue weighted by atomic mass is 10.2. The molecular weight excluding hydrogens is 178 g/mol. The Morgan fingerprint density at radius 2 is 2.14 bits per heavy atom. The number of primary amides is 1. The maximum Gasteiger partial charge on any atom is 0.252 e. The number of aromatic nitrogens is 2. The summed E-state index contributed by atoms with van der Waals surface area (Å²) in [5, 5.41) is 4.29. The molecule has 78 valence electrons. The van der Waals surface area contributed by atoms with Crippen molar-refractivity contribution in [3.05, 3.63) is 17.5 Å². The molecule has 1 aromatic rings. The van der Waals surface area contributed by atoms with Crippen molar-refractivity contribution in [1.82, 2.24) is 9.78 Å². The third kappa shape index (κ3) is 1.95. The van der Waals surface area contributed by atoms with E-state index in [0.717, 1.165) is 12.8 Å². The van der Waals surface area contributed by atoms with Gasteiger partial charge in [-0.05, 0) is 19.8 Å². The molecule has 0 aliphatic heterocycles. The van der Waals surface area contributed by atoms with Crippen LogP contribution < -0.4 is 5.73 Å². The second-order valence-corrected chi connectivity index (χ2v) is 3.44. The summed E-state index contributed by atoms with van der Waals surface area (Å²) in [7, 11) is 0. The van der Waals surface area contributed by atoms with Gasteiger partial charge in [-0.25, -0.2) is 0 Å². The molecule has 0 atom stereocenters. The van der Waals surface area contributed by atoms with E-state index >= 15 is 0 Å². The van der Waals surface area contributed by atoms with Crippen LogP contribution in [0.4, 0.5) is 0 Å². The van der Waals surface area contributed by atoms with Gasteiger partial charge in [0.1, 0.15) is 0 Å². The van der Waals surface area contributed by atoms with Gasteiger partial charge in [0, 0.05) is 6.20 Å². The van der Waals surface area contributed by atoms with Crippen LogP contribution in [0.15, 0.2) is 6.20 Å². The minimum atomic E-state index is -0.403. The summed E-state index contributed by atoms with van der Waals surface area (Å²) in [6.45, 7) is 6.02. The van der Waals surface area contributed by atoms with Crippen LogP contribution in [0.2, 0.25) is 0 Å². The molecule has 0 aliphatic rings. The zero-order valence-electron chi connectivity index (χ0n) is 8.95. The van der Waals surface area contributed by atoms with Crippen LogP contribution in [0, 0.1) is 6.92 Å². The Bertz CT molecular complexity index is 326. The summed E-state index contributed by atoms with van der Waals surface area (Å²) in [4.78, 5) is 11.0. The highest BCUT2D eigenvalue weighted by atomic mass is 16.1. The fourth-order valence-corrected chi connectivity index (χ4v) is 1.57. The predicted molar refractivity (Wildman–Crippen MR) is 55.1 cm³/mol. The molecule has 1 rings (SSSR count). The Balaban J connectivity index is 3.01. The van der Waals surface area contributed by atoms with Crippen LogP contribution in [0.3, 0.4) is 0 Å². The summed E-state index contributed by atoms with van der Waals surface area (Å²) in [5.74, 6) is -0.403. The van der Waals surface area contributed by atoms with Crippen molar-refractivity contribution in [2.24, 2.45) is 5.73 Å². The van der Waals surface area contributed by atoms with E-state index in [1.807, 2.05) is 4.68 Å². The average molecular weight is 195 g/mol. The topological polar surface area (TPSA) is 60.9 Å². The summed E-state index contributed by atoms with van der Waals surface area (Å²) in [6, 6.07) is 0.363. The van der Waals surface area contributed by atoms with Gasteiger partial charge >= 0.3 is 0 Å². The van der Waals surface area contributed by atoms with E-state index in [-0.39, 0.29) is 0 Å². The SMILES string of the molecule is CCC(CC)n1cc(C(N)=O)c(C)n1. The molecule has 4 heteroatoms. The first-order valence-corrected chi connectivity index (χ1v) is 4.95. The quantitative estimate of drug-likeness (QED) is 0.794. The Morgan fingerprint density at radius 1 is 1.57 bits per heavy atom. The van der Waals surface area contributed by atoms with Crippen LogP contribution in [-0.4, -0.2) is 15.7 Å². The van der Waals surface area contributed by atoms with Crippen molar-refractivity contribution >= 4 is 5.91 Å². The van der Waals surface area contributed by atoms with E-state index in [9.17, 15) is 4.79 Å². The van der Waals surface area contributed by atoms with Crippen LogP contribution >= 0.6 is 0 Å². The first-order chi connectivity index (χ1) is 6.60. The Morgan fingerprint density at radius 3 is 2.50 bits per heavy atom. The van der Waals surface area contributed by atoms with Crippen LogP contribution in [0.25, 0.3) is 0 Å². The highest BCUT2D eigenvalue weighted by Gasteiger charge is 2.13. The molecule has 1 aromatic heterocycles. The van der Waals surface area contributed by atoms with Gasteiger partial charge in [-0.2, -0.15) is 5.10 Å². The van der Waals surface area contributed by atoms with Gasteiger partial charge in [-0.3, -0.25) is 9.48 Å². The zero-order chi connectivity index (χ0) is 10.7. The second kappa shape index (κ2) is 4.26. The monoisotopic (exact) mass is 195 g/mol. The van der Waals surface area contributed by atoms with Crippen molar-refractivity contribution < 1.29 is 4.79 Å². The van der Waals surface area contributed by atoms with E-state index in [0.29, 0.717) is 17.3 Å². The molecule has 0 spiro atoms. The highest BCUT2D eigenvalue weighted by Crippen LogP contribution is 2.16. The molecule has 0 radical (unpaired) electrons. The number of carbonyl (C=O) groups is 1. The average Bonchev–Trinajstić information content (AvgIpc) is 2.50. The number of rotatable bonds is 4. The third-order valence-electron chi connectivity index (χ3n) is 2.50. The third-order valence-corrected chi connectivity index (χ3v) is 2.50. The molecule has 0 fully saturated rings. The lowest BCUT2D eigenvalue weighted by Crippen LogP contribution is -2.11. The molecule has 0 unspecified atom stereocenters. The normalized spacial score (nSPS) is 10.9. The number of carbonyl (C=O) groups excluding carboxylic acids is 1. The minimum absolute atomic E-state index is 0.363. The van der Waals surface area contributed by atoms with Crippen molar-refractivity contribution in [3.8, 4) is 0 Å². The number of hydrogen-bond donors (Lipinski definition) is 1. The smallest absolute Gasteiger partial charge is 0.252 e. The van der Waals surface area contributed by atoms with Gasteiger partial charge in [0.05, 0.1) is 17.3 Å². The number of aryl methyl sites for hydroxylation is 1. The lowest BCUT2D eigenvalue weighted by molar-refractivity contribution is 0.0999. The minimum Gasteiger partial charge on any atom is -0.365 e. The van der Waals surface area contributed by atoms with E-state index < -0.39 is 5.91 Å². The van der Waals surface area contributed by atoms with E-state index in [1.54, 1.807) is 13.1 Å². The van der Waals surface area contributed by atoms with Gasteiger partial charge in [-0.1, -0.05) is 13.8 Å². The fourth-order valence-electron chi connectivity index (χ4n) is 1.57. The highest BCUT2D eigenvalue weighted by molar-refractivity contribution is 5.93. The molecule has 0 saturated carbocycles. The predicted octanol–water partition coefficient (Wildman–Crippen LogP) is 1.65. The standard InChI is InChI=1S/C10H17N3O/c1-4-8(5-2)13-6-9(10(11)14)7(3)12-13/h6,8H,4-5H2,1-3H3,(H2,11,14).